The lowest BCUT2D eigenvalue weighted by Gasteiger charge is -2.25. The molecule has 0 spiro atoms. The van der Waals surface area contributed by atoms with E-state index in [4.69, 9.17) is 5.11 Å². The van der Waals surface area contributed by atoms with Crippen LogP contribution < -0.4 is 10.6 Å². The van der Waals surface area contributed by atoms with Gasteiger partial charge in [0.2, 0.25) is 0 Å². The van der Waals surface area contributed by atoms with Crippen molar-refractivity contribution in [2.24, 2.45) is 17.8 Å². The maximum Gasteiger partial charge on any atom is 0.315 e. The lowest BCUT2D eigenvalue weighted by atomic mass is 9.98. The first-order valence-electron chi connectivity index (χ1n) is 7.15. The van der Waals surface area contributed by atoms with Gasteiger partial charge in [-0.1, -0.05) is 0 Å². The van der Waals surface area contributed by atoms with Crippen LogP contribution in [0.1, 0.15) is 46.0 Å². The SMILES string of the molecule is CC(C)(CC(=O)O)NC(=O)NCC(C1CC1)C1CC1. The molecule has 108 valence electrons. The van der Waals surface area contributed by atoms with Gasteiger partial charge in [-0.3, -0.25) is 4.79 Å². The van der Waals surface area contributed by atoms with Gasteiger partial charge in [0.05, 0.1) is 6.42 Å². The Bertz CT molecular complexity index is 348. The van der Waals surface area contributed by atoms with Gasteiger partial charge in [0, 0.05) is 12.1 Å². The molecule has 0 bridgehead atoms. The Morgan fingerprint density at radius 3 is 2.16 bits per heavy atom. The second kappa shape index (κ2) is 5.39. The van der Waals surface area contributed by atoms with E-state index in [0.717, 1.165) is 18.4 Å². The molecule has 2 aliphatic carbocycles. The zero-order valence-corrected chi connectivity index (χ0v) is 11.7. The van der Waals surface area contributed by atoms with Crippen molar-refractivity contribution in [3.63, 3.8) is 0 Å². The van der Waals surface area contributed by atoms with Crippen LogP contribution in [0.15, 0.2) is 0 Å². The Morgan fingerprint density at radius 2 is 1.74 bits per heavy atom. The third kappa shape index (κ3) is 4.73. The van der Waals surface area contributed by atoms with Crippen LogP contribution in [-0.2, 0) is 4.79 Å². The highest BCUT2D eigenvalue weighted by Gasteiger charge is 2.41. The molecule has 0 heterocycles. The smallest absolute Gasteiger partial charge is 0.315 e. The number of nitrogens with one attached hydrogen (secondary N) is 2. The molecule has 0 radical (unpaired) electrons. The van der Waals surface area contributed by atoms with Gasteiger partial charge >= 0.3 is 12.0 Å². The standard InChI is InChI=1S/C14H24N2O3/c1-14(2,7-12(17)18)16-13(19)15-8-11(9-3-4-9)10-5-6-10/h9-11H,3-8H2,1-2H3,(H,17,18)(H2,15,16,19). The van der Waals surface area contributed by atoms with Crippen molar-refractivity contribution in [1.29, 1.82) is 0 Å². The molecule has 19 heavy (non-hydrogen) atoms. The van der Waals surface area contributed by atoms with Gasteiger partial charge in [-0.25, -0.2) is 4.79 Å². The molecule has 2 saturated carbocycles. The molecule has 2 amide bonds. The average Bonchev–Trinajstić information content (AvgIpc) is 3.10. The molecule has 2 fully saturated rings. The summed E-state index contributed by atoms with van der Waals surface area (Å²) in [4.78, 5) is 22.5. The number of hydrogen-bond acceptors (Lipinski definition) is 2. The number of hydrogen-bond donors (Lipinski definition) is 3. The second-order valence-corrected chi connectivity index (χ2v) is 6.63. The van der Waals surface area contributed by atoms with E-state index in [1.807, 2.05) is 0 Å². The minimum atomic E-state index is -0.904. The molecule has 0 saturated heterocycles. The monoisotopic (exact) mass is 268 g/mol. The van der Waals surface area contributed by atoms with E-state index in [1.54, 1.807) is 13.8 Å². The molecule has 3 N–H and O–H groups in total. The number of carbonyl (C=O) groups excluding carboxylic acids is 1. The molecule has 5 heteroatoms. The number of rotatable bonds is 7. The van der Waals surface area contributed by atoms with Crippen molar-refractivity contribution in [3.8, 4) is 0 Å². The lowest BCUT2D eigenvalue weighted by Crippen LogP contribution is -2.50. The predicted octanol–water partition coefficient (Wildman–Crippen LogP) is 1.98. The molecule has 0 aromatic heterocycles. The summed E-state index contributed by atoms with van der Waals surface area (Å²) in [5, 5.41) is 14.4. The van der Waals surface area contributed by atoms with Gasteiger partial charge in [-0.05, 0) is 57.3 Å². The summed E-state index contributed by atoms with van der Waals surface area (Å²) in [7, 11) is 0. The van der Waals surface area contributed by atoms with Gasteiger partial charge in [0.1, 0.15) is 0 Å². The van der Waals surface area contributed by atoms with Crippen molar-refractivity contribution >= 4 is 12.0 Å². The van der Waals surface area contributed by atoms with Crippen molar-refractivity contribution < 1.29 is 14.7 Å². The molecule has 0 aromatic carbocycles. The molecule has 0 aromatic rings. The van der Waals surface area contributed by atoms with Crippen LogP contribution in [0.5, 0.6) is 0 Å². The van der Waals surface area contributed by atoms with E-state index in [1.165, 1.54) is 25.7 Å². The van der Waals surface area contributed by atoms with Crippen LogP contribution in [0.25, 0.3) is 0 Å². The van der Waals surface area contributed by atoms with Crippen LogP contribution in [0.2, 0.25) is 0 Å². The fourth-order valence-electron chi connectivity index (χ4n) is 2.75. The van der Waals surface area contributed by atoms with E-state index in [2.05, 4.69) is 10.6 Å². The second-order valence-electron chi connectivity index (χ2n) is 6.63. The number of carboxylic acids is 1. The summed E-state index contributed by atoms with van der Waals surface area (Å²) in [6.07, 6.45) is 5.13. The van der Waals surface area contributed by atoms with E-state index < -0.39 is 11.5 Å². The van der Waals surface area contributed by atoms with Crippen molar-refractivity contribution in [2.45, 2.75) is 51.5 Å². The number of aliphatic carboxylic acids is 1. The molecular formula is C14H24N2O3. The Balaban J connectivity index is 1.72. The minimum absolute atomic E-state index is 0.0743. The molecule has 2 rings (SSSR count). The maximum atomic E-state index is 11.8. The summed E-state index contributed by atoms with van der Waals surface area (Å²) in [6.45, 7) is 4.17. The Kier molecular flexibility index (Phi) is 4.02. The number of amides is 2. The average molecular weight is 268 g/mol. The highest BCUT2D eigenvalue weighted by molar-refractivity contribution is 5.76. The topological polar surface area (TPSA) is 78.4 Å². The zero-order valence-electron chi connectivity index (χ0n) is 11.7. The lowest BCUT2D eigenvalue weighted by molar-refractivity contribution is -0.138. The van der Waals surface area contributed by atoms with Crippen LogP contribution >= 0.6 is 0 Å². The molecule has 0 atom stereocenters. The largest absolute Gasteiger partial charge is 0.481 e. The van der Waals surface area contributed by atoms with Crippen molar-refractivity contribution in [1.82, 2.24) is 10.6 Å². The van der Waals surface area contributed by atoms with Crippen LogP contribution in [0.4, 0.5) is 4.79 Å². The predicted molar refractivity (Wildman–Crippen MR) is 71.8 cm³/mol. The quantitative estimate of drug-likeness (QED) is 0.660. The van der Waals surface area contributed by atoms with Gasteiger partial charge in [0.25, 0.3) is 0 Å². The van der Waals surface area contributed by atoms with E-state index in [-0.39, 0.29) is 12.5 Å². The molecular weight excluding hydrogens is 244 g/mol. The Morgan fingerprint density at radius 1 is 1.21 bits per heavy atom. The normalized spacial score (nSPS) is 19.3. The van der Waals surface area contributed by atoms with Gasteiger partial charge < -0.3 is 15.7 Å². The molecule has 2 aliphatic rings. The van der Waals surface area contributed by atoms with E-state index in [9.17, 15) is 9.59 Å². The summed E-state index contributed by atoms with van der Waals surface area (Å²) in [5.74, 6) is 1.34. The first-order chi connectivity index (χ1) is 8.87. The third-order valence-corrected chi connectivity index (χ3v) is 4.00. The van der Waals surface area contributed by atoms with Gasteiger partial charge in [-0.15, -0.1) is 0 Å². The molecule has 0 aliphatic heterocycles. The van der Waals surface area contributed by atoms with Crippen molar-refractivity contribution in [2.75, 3.05) is 6.54 Å². The summed E-state index contributed by atoms with van der Waals surface area (Å²) in [6, 6.07) is -0.252. The maximum absolute atomic E-state index is 11.8. The highest BCUT2D eigenvalue weighted by Crippen LogP contribution is 2.48. The number of carboxylic acid groups (broad SMARTS) is 1. The summed E-state index contributed by atoms with van der Waals surface area (Å²) < 4.78 is 0. The van der Waals surface area contributed by atoms with Crippen LogP contribution in [-0.4, -0.2) is 29.2 Å². The fraction of sp³-hybridized carbons (Fsp3) is 0.857. The van der Waals surface area contributed by atoms with E-state index in [0.29, 0.717) is 5.92 Å². The molecule has 5 nitrogen and oxygen atoms in total. The Labute approximate surface area is 114 Å². The Hall–Kier alpha value is -1.26. The fourth-order valence-corrected chi connectivity index (χ4v) is 2.75. The number of carbonyl (C=O) groups is 2. The summed E-state index contributed by atoms with van der Waals surface area (Å²) >= 11 is 0. The van der Waals surface area contributed by atoms with Gasteiger partial charge in [-0.2, -0.15) is 0 Å². The summed E-state index contributed by atoms with van der Waals surface area (Å²) in [5.41, 5.74) is -0.718. The third-order valence-electron chi connectivity index (χ3n) is 4.00. The van der Waals surface area contributed by atoms with Crippen molar-refractivity contribution in [3.05, 3.63) is 0 Å². The zero-order chi connectivity index (χ0) is 14.0. The first-order valence-corrected chi connectivity index (χ1v) is 7.15. The van der Waals surface area contributed by atoms with Gasteiger partial charge in [0.15, 0.2) is 0 Å². The first kappa shape index (κ1) is 14.2. The van der Waals surface area contributed by atoms with Crippen LogP contribution in [0, 0.1) is 17.8 Å². The van der Waals surface area contributed by atoms with Crippen LogP contribution in [0.3, 0.4) is 0 Å². The molecule has 0 unspecified atom stereocenters. The minimum Gasteiger partial charge on any atom is -0.481 e. The number of urea groups is 1. The van der Waals surface area contributed by atoms with E-state index >= 15 is 0 Å². The highest BCUT2D eigenvalue weighted by atomic mass is 16.4.